The minimum absolute atomic E-state index is 0.141. The monoisotopic (exact) mass is 293 g/mol. The molecule has 1 aromatic carbocycles. The summed E-state index contributed by atoms with van der Waals surface area (Å²) in [6, 6.07) is 10.3. The standard InChI is InChI=1S/C16H23NO2S/c18-16(19-14-8-3-1-4-9-14)17-12-7-13-20-15-10-5-2-6-11-15/h2,5-6,10-11,14H,1,3-4,7-9,12-13H2,(H,17,18). The minimum Gasteiger partial charge on any atom is -0.446 e. The second kappa shape index (κ2) is 8.90. The van der Waals surface area contributed by atoms with Gasteiger partial charge in [-0.1, -0.05) is 24.6 Å². The number of hydrogen-bond donors (Lipinski definition) is 1. The summed E-state index contributed by atoms with van der Waals surface area (Å²) in [6.45, 7) is 0.686. The highest BCUT2D eigenvalue weighted by Crippen LogP contribution is 2.20. The third kappa shape index (κ3) is 5.87. The van der Waals surface area contributed by atoms with Crippen LogP contribution in [0.3, 0.4) is 0 Å². The lowest BCUT2D eigenvalue weighted by Gasteiger charge is -2.21. The Labute approximate surface area is 125 Å². The van der Waals surface area contributed by atoms with Crippen LogP contribution in [0.2, 0.25) is 0 Å². The summed E-state index contributed by atoms with van der Waals surface area (Å²) >= 11 is 1.82. The second-order valence-corrected chi connectivity index (χ2v) is 6.28. The molecule has 4 heteroatoms. The lowest BCUT2D eigenvalue weighted by atomic mass is 9.98. The van der Waals surface area contributed by atoms with E-state index < -0.39 is 0 Å². The first-order valence-electron chi connectivity index (χ1n) is 7.47. The number of thioether (sulfide) groups is 1. The van der Waals surface area contributed by atoms with E-state index in [1.807, 2.05) is 30.0 Å². The van der Waals surface area contributed by atoms with E-state index in [1.54, 1.807) is 0 Å². The molecule has 1 aliphatic carbocycles. The molecule has 0 spiro atoms. The average molecular weight is 293 g/mol. The van der Waals surface area contributed by atoms with E-state index in [0.29, 0.717) is 6.54 Å². The van der Waals surface area contributed by atoms with Crippen molar-refractivity contribution in [2.24, 2.45) is 0 Å². The largest absolute Gasteiger partial charge is 0.446 e. The predicted molar refractivity (Wildman–Crippen MR) is 83.1 cm³/mol. The van der Waals surface area contributed by atoms with Crippen molar-refractivity contribution in [1.82, 2.24) is 5.32 Å². The molecular weight excluding hydrogens is 270 g/mol. The first kappa shape index (κ1) is 15.2. The van der Waals surface area contributed by atoms with E-state index >= 15 is 0 Å². The number of carbonyl (C=O) groups excluding carboxylic acids is 1. The summed E-state index contributed by atoms with van der Waals surface area (Å²) in [5, 5.41) is 2.84. The van der Waals surface area contributed by atoms with Gasteiger partial charge in [-0.2, -0.15) is 0 Å². The van der Waals surface area contributed by atoms with Gasteiger partial charge in [-0.05, 0) is 50.0 Å². The molecule has 0 saturated heterocycles. The van der Waals surface area contributed by atoms with E-state index in [2.05, 4.69) is 17.4 Å². The molecule has 0 radical (unpaired) electrons. The number of benzene rings is 1. The molecule has 1 aromatic rings. The molecule has 0 heterocycles. The summed E-state index contributed by atoms with van der Waals surface area (Å²) in [7, 11) is 0. The molecule has 1 aliphatic rings. The number of alkyl carbamates (subject to hydrolysis) is 1. The van der Waals surface area contributed by atoms with Crippen molar-refractivity contribution < 1.29 is 9.53 Å². The zero-order valence-electron chi connectivity index (χ0n) is 11.8. The van der Waals surface area contributed by atoms with Gasteiger partial charge in [0.25, 0.3) is 0 Å². The molecule has 0 atom stereocenters. The van der Waals surface area contributed by atoms with E-state index in [0.717, 1.165) is 25.0 Å². The van der Waals surface area contributed by atoms with Crippen LogP contribution in [0.1, 0.15) is 38.5 Å². The molecule has 0 aliphatic heterocycles. The highest BCUT2D eigenvalue weighted by Gasteiger charge is 2.16. The Balaban J connectivity index is 1.51. The fourth-order valence-electron chi connectivity index (χ4n) is 2.35. The smallest absolute Gasteiger partial charge is 0.407 e. The van der Waals surface area contributed by atoms with Gasteiger partial charge in [0.05, 0.1) is 0 Å². The SMILES string of the molecule is O=C(NCCCSc1ccccc1)OC1CCCCC1. The summed E-state index contributed by atoms with van der Waals surface area (Å²) in [6.07, 6.45) is 6.55. The second-order valence-electron chi connectivity index (χ2n) is 5.11. The van der Waals surface area contributed by atoms with Crippen molar-refractivity contribution in [2.45, 2.75) is 49.5 Å². The van der Waals surface area contributed by atoms with Gasteiger partial charge in [-0.15, -0.1) is 11.8 Å². The van der Waals surface area contributed by atoms with Crippen LogP contribution >= 0.6 is 11.8 Å². The molecule has 0 unspecified atom stereocenters. The maximum atomic E-state index is 11.6. The zero-order chi connectivity index (χ0) is 14.0. The molecule has 20 heavy (non-hydrogen) atoms. The van der Waals surface area contributed by atoms with Gasteiger partial charge in [0, 0.05) is 11.4 Å². The third-order valence-electron chi connectivity index (χ3n) is 3.43. The van der Waals surface area contributed by atoms with Crippen molar-refractivity contribution in [2.75, 3.05) is 12.3 Å². The van der Waals surface area contributed by atoms with Crippen molar-refractivity contribution in [3.63, 3.8) is 0 Å². The van der Waals surface area contributed by atoms with Crippen molar-refractivity contribution in [1.29, 1.82) is 0 Å². The van der Waals surface area contributed by atoms with Gasteiger partial charge in [0.1, 0.15) is 6.10 Å². The number of amides is 1. The molecule has 3 nitrogen and oxygen atoms in total. The zero-order valence-corrected chi connectivity index (χ0v) is 12.7. The Bertz CT molecular complexity index is 391. The predicted octanol–water partition coefficient (Wildman–Crippen LogP) is 4.23. The lowest BCUT2D eigenvalue weighted by Crippen LogP contribution is -2.30. The normalized spacial score (nSPS) is 15.8. The van der Waals surface area contributed by atoms with Gasteiger partial charge in [-0.25, -0.2) is 4.79 Å². The number of rotatable bonds is 6. The molecule has 0 aromatic heterocycles. The van der Waals surface area contributed by atoms with Crippen LogP contribution in [0.25, 0.3) is 0 Å². The molecule has 1 saturated carbocycles. The van der Waals surface area contributed by atoms with E-state index in [9.17, 15) is 4.79 Å². The molecular formula is C16H23NO2S. The van der Waals surface area contributed by atoms with Crippen molar-refractivity contribution in [3.8, 4) is 0 Å². The summed E-state index contributed by atoms with van der Waals surface area (Å²) in [4.78, 5) is 12.9. The molecule has 1 fully saturated rings. The first-order chi connectivity index (χ1) is 9.84. The van der Waals surface area contributed by atoms with E-state index in [4.69, 9.17) is 4.74 Å². The molecule has 1 amide bonds. The summed E-state index contributed by atoms with van der Waals surface area (Å²) < 4.78 is 5.40. The van der Waals surface area contributed by atoms with Crippen LogP contribution < -0.4 is 5.32 Å². The quantitative estimate of drug-likeness (QED) is 0.630. The third-order valence-corrected chi connectivity index (χ3v) is 4.53. The van der Waals surface area contributed by atoms with Crippen LogP contribution in [0.15, 0.2) is 35.2 Å². The van der Waals surface area contributed by atoms with Gasteiger partial charge in [-0.3, -0.25) is 0 Å². The maximum absolute atomic E-state index is 11.6. The summed E-state index contributed by atoms with van der Waals surface area (Å²) in [5.41, 5.74) is 0. The Morgan fingerprint density at radius 2 is 1.95 bits per heavy atom. The van der Waals surface area contributed by atoms with Gasteiger partial charge in [0.2, 0.25) is 0 Å². The Kier molecular flexibility index (Phi) is 6.78. The molecule has 2 rings (SSSR count). The Morgan fingerprint density at radius 1 is 1.20 bits per heavy atom. The van der Waals surface area contributed by atoms with Crippen LogP contribution in [0.4, 0.5) is 4.79 Å². The lowest BCUT2D eigenvalue weighted by molar-refractivity contribution is 0.0754. The van der Waals surface area contributed by atoms with Crippen LogP contribution in [0, 0.1) is 0 Å². The summed E-state index contributed by atoms with van der Waals surface area (Å²) in [5.74, 6) is 1.01. The van der Waals surface area contributed by atoms with Crippen LogP contribution in [0.5, 0.6) is 0 Å². The Morgan fingerprint density at radius 3 is 2.70 bits per heavy atom. The van der Waals surface area contributed by atoms with E-state index in [-0.39, 0.29) is 12.2 Å². The van der Waals surface area contributed by atoms with Crippen molar-refractivity contribution >= 4 is 17.9 Å². The van der Waals surface area contributed by atoms with Gasteiger partial charge in [0.15, 0.2) is 0 Å². The van der Waals surface area contributed by atoms with Crippen LogP contribution in [-0.4, -0.2) is 24.5 Å². The highest BCUT2D eigenvalue weighted by molar-refractivity contribution is 7.99. The number of hydrogen-bond acceptors (Lipinski definition) is 3. The minimum atomic E-state index is -0.249. The highest BCUT2D eigenvalue weighted by atomic mass is 32.2. The fourth-order valence-corrected chi connectivity index (χ4v) is 3.22. The number of carbonyl (C=O) groups is 1. The number of nitrogens with one attached hydrogen (secondary N) is 1. The van der Waals surface area contributed by atoms with Gasteiger partial charge < -0.3 is 10.1 Å². The Hall–Kier alpha value is -1.16. The fraction of sp³-hybridized carbons (Fsp3) is 0.562. The number of ether oxygens (including phenoxy) is 1. The van der Waals surface area contributed by atoms with E-state index in [1.165, 1.54) is 24.2 Å². The van der Waals surface area contributed by atoms with Crippen LogP contribution in [-0.2, 0) is 4.74 Å². The first-order valence-corrected chi connectivity index (χ1v) is 8.45. The molecule has 110 valence electrons. The average Bonchev–Trinajstić information content (AvgIpc) is 2.49. The molecule has 0 bridgehead atoms. The molecule has 1 N–H and O–H groups in total. The topological polar surface area (TPSA) is 38.3 Å². The van der Waals surface area contributed by atoms with Gasteiger partial charge >= 0.3 is 6.09 Å². The maximum Gasteiger partial charge on any atom is 0.407 e. The van der Waals surface area contributed by atoms with Crippen molar-refractivity contribution in [3.05, 3.63) is 30.3 Å².